The Morgan fingerprint density at radius 1 is 1.07 bits per heavy atom. The number of likely N-dealkylation sites (N-methyl/N-ethyl adjacent to an activating group) is 1. The second-order valence-electron chi connectivity index (χ2n) is 10.5. The van der Waals surface area contributed by atoms with Gasteiger partial charge in [0.05, 0.1) is 25.3 Å². The summed E-state index contributed by atoms with van der Waals surface area (Å²) in [5, 5.41) is 11.5. The molecule has 41 heavy (non-hydrogen) atoms. The summed E-state index contributed by atoms with van der Waals surface area (Å²) < 4.78 is 17.3. The van der Waals surface area contributed by atoms with E-state index in [1.54, 1.807) is 48.4 Å². The summed E-state index contributed by atoms with van der Waals surface area (Å²) in [4.78, 5) is 30.7. The molecule has 1 aliphatic heterocycles. The van der Waals surface area contributed by atoms with Crippen LogP contribution in [0, 0.1) is 12.8 Å². The molecule has 0 aromatic heterocycles. The number of amides is 1. The third kappa shape index (κ3) is 7.50. The van der Waals surface area contributed by atoms with Crippen molar-refractivity contribution in [1.29, 1.82) is 0 Å². The SMILES string of the molecule is C=CCOc1ccc(C(O)=C2C(=O)C(=O)N(CCN(CC)CC)C2c2ccc(OCCC(C)C)c(OC)c2)cc1C. The highest BCUT2D eigenvalue weighted by Gasteiger charge is 2.46. The lowest BCUT2D eigenvalue weighted by molar-refractivity contribution is -0.140. The van der Waals surface area contributed by atoms with E-state index in [2.05, 4.69) is 39.2 Å². The minimum absolute atomic E-state index is 0.0456. The molecule has 1 N–H and O–H groups in total. The average molecular weight is 565 g/mol. The number of carbonyl (C=O) groups excluding carboxylic acids is 2. The molecular formula is C33H44N2O6. The van der Waals surface area contributed by atoms with Gasteiger partial charge in [0.1, 0.15) is 18.1 Å². The molecule has 0 spiro atoms. The van der Waals surface area contributed by atoms with Crippen molar-refractivity contribution in [3.8, 4) is 17.2 Å². The van der Waals surface area contributed by atoms with E-state index >= 15 is 0 Å². The minimum atomic E-state index is -0.791. The van der Waals surface area contributed by atoms with Crippen LogP contribution in [-0.2, 0) is 9.59 Å². The zero-order chi connectivity index (χ0) is 30.1. The van der Waals surface area contributed by atoms with Gasteiger partial charge in [0.15, 0.2) is 11.5 Å². The first-order valence-electron chi connectivity index (χ1n) is 14.3. The van der Waals surface area contributed by atoms with Crippen molar-refractivity contribution < 1.29 is 28.9 Å². The number of aryl methyl sites for hydroxylation is 1. The average Bonchev–Trinajstić information content (AvgIpc) is 3.21. The Hall–Kier alpha value is -3.78. The number of rotatable bonds is 15. The summed E-state index contributed by atoms with van der Waals surface area (Å²) in [7, 11) is 1.56. The Morgan fingerprint density at radius 2 is 1.78 bits per heavy atom. The number of Topliss-reactive ketones (excluding diaryl/α,β-unsaturated/α-hetero) is 1. The number of aliphatic hydroxyl groups is 1. The molecule has 1 amide bonds. The third-order valence-electron chi connectivity index (χ3n) is 7.35. The van der Waals surface area contributed by atoms with Gasteiger partial charge in [-0.25, -0.2) is 0 Å². The van der Waals surface area contributed by atoms with E-state index < -0.39 is 17.7 Å². The van der Waals surface area contributed by atoms with Crippen molar-refractivity contribution >= 4 is 17.4 Å². The van der Waals surface area contributed by atoms with E-state index in [-0.39, 0.29) is 11.3 Å². The van der Waals surface area contributed by atoms with Crippen LogP contribution in [0.4, 0.5) is 0 Å². The minimum Gasteiger partial charge on any atom is -0.507 e. The Bertz CT molecular complexity index is 1260. The third-order valence-corrected chi connectivity index (χ3v) is 7.35. The zero-order valence-corrected chi connectivity index (χ0v) is 25.2. The van der Waals surface area contributed by atoms with Crippen molar-refractivity contribution in [2.45, 2.75) is 47.1 Å². The molecule has 0 saturated carbocycles. The first-order valence-corrected chi connectivity index (χ1v) is 14.3. The molecular weight excluding hydrogens is 520 g/mol. The van der Waals surface area contributed by atoms with Crippen LogP contribution in [0.25, 0.3) is 5.76 Å². The van der Waals surface area contributed by atoms with Gasteiger partial charge in [-0.3, -0.25) is 9.59 Å². The summed E-state index contributed by atoms with van der Waals surface area (Å²) >= 11 is 0. The van der Waals surface area contributed by atoms with Gasteiger partial charge in [0.25, 0.3) is 11.7 Å². The number of aliphatic hydroxyl groups excluding tert-OH is 1. The van der Waals surface area contributed by atoms with Crippen LogP contribution < -0.4 is 14.2 Å². The monoisotopic (exact) mass is 564 g/mol. The van der Waals surface area contributed by atoms with Crippen molar-refractivity contribution in [2.75, 3.05) is 46.5 Å². The first kappa shape index (κ1) is 31.7. The van der Waals surface area contributed by atoms with Gasteiger partial charge >= 0.3 is 0 Å². The summed E-state index contributed by atoms with van der Waals surface area (Å²) in [6.45, 7) is 17.4. The van der Waals surface area contributed by atoms with Gasteiger partial charge in [-0.05, 0) is 73.8 Å². The summed E-state index contributed by atoms with van der Waals surface area (Å²) in [6.07, 6.45) is 2.55. The molecule has 1 atom stereocenters. The van der Waals surface area contributed by atoms with Gasteiger partial charge in [0.2, 0.25) is 0 Å². The number of likely N-dealkylation sites (tertiary alicyclic amines) is 1. The Morgan fingerprint density at radius 3 is 2.39 bits per heavy atom. The maximum absolute atomic E-state index is 13.5. The molecule has 1 fully saturated rings. The van der Waals surface area contributed by atoms with Gasteiger partial charge in [-0.15, -0.1) is 0 Å². The summed E-state index contributed by atoms with van der Waals surface area (Å²) in [6, 6.07) is 9.81. The van der Waals surface area contributed by atoms with Crippen molar-refractivity contribution in [2.24, 2.45) is 5.92 Å². The Labute approximate surface area is 244 Å². The first-order chi connectivity index (χ1) is 19.7. The number of carbonyl (C=O) groups is 2. The summed E-state index contributed by atoms with van der Waals surface area (Å²) in [5.41, 5.74) is 1.92. The number of hydrogen-bond donors (Lipinski definition) is 1. The fourth-order valence-electron chi connectivity index (χ4n) is 4.89. The zero-order valence-electron chi connectivity index (χ0n) is 25.2. The standard InChI is InChI=1S/C33H44N2O6/c1-8-18-40-26-13-12-25(20-23(26)6)31(36)29-30(35(33(38)32(29)37)17-16-34(9-2)10-3)24-11-14-27(28(21-24)39-7)41-19-15-22(4)5/h8,11-14,20-22,30,36H,1,9-10,15-19H2,2-7H3. The van der Waals surface area contributed by atoms with E-state index in [1.807, 2.05) is 13.0 Å². The topological polar surface area (TPSA) is 88.5 Å². The molecule has 1 heterocycles. The lowest BCUT2D eigenvalue weighted by Crippen LogP contribution is -2.38. The van der Waals surface area contributed by atoms with Crippen LogP contribution in [0.3, 0.4) is 0 Å². The van der Waals surface area contributed by atoms with Crippen molar-refractivity contribution in [3.63, 3.8) is 0 Å². The Kier molecular flexibility index (Phi) is 11.4. The highest BCUT2D eigenvalue weighted by atomic mass is 16.5. The number of methoxy groups -OCH3 is 1. The molecule has 2 aromatic carbocycles. The van der Waals surface area contributed by atoms with Crippen LogP contribution >= 0.6 is 0 Å². The van der Waals surface area contributed by atoms with Crippen LogP contribution in [0.15, 0.2) is 54.6 Å². The quantitative estimate of drug-likeness (QED) is 0.127. The molecule has 1 saturated heterocycles. The summed E-state index contributed by atoms with van der Waals surface area (Å²) in [5.74, 6) is 0.652. The van der Waals surface area contributed by atoms with Crippen molar-refractivity contribution in [1.82, 2.24) is 9.80 Å². The molecule has 222 valence electrons. The number of benzene rings is 2. The van der Waals surface area contributed by atoms with Gasteiger partial charge in [-0.2, -0.15) is 0 Å². The fourth-order valence-corrected chi connectivity index (χ4v) is 4.89. The van der Waals surface area contributed by atoms with Gasteiger partial charge in [0, 0.05) is 18.7 Å². The second kappa shape index (κ2) is 14.7. The van der Waals surface area contributed by atoms with E-state index in [0.29, 0.717) is 60.6 Å². The van der Waals surface area contributed by atoms with Crippen LogP contribution in [0.2, 0.25) is 0 Å². The highest BCUT2D eigenvalue weighted by Crippen LogP contribution is 2.42. The molecule has 8 heteroatoms. The van der Waals surface area contributed by atoms with Crippen LogP contribution in [0.1, 0.15) is 56.8 Å². The molecule has 0 bridgehead atoms. The lowest BCUT2D eigenvalue weighted by Gasteiger charge is -2.28. The number of hydrogen-bond acceptors (Lipinski definition) is 7. The molecule has 1 aliphatic rings. The lowest BCUT2D eigenvalue weighted by atomic mass is 9.94. The van der Waals surface area contributed by atoms with E-state index in [1.165, 1.54) is 0 Å². The fraction of sp³-hybridized carbons (Fsp3) is 0.455. The van der Waals surface area contributed by atoms with E-state index in [4.69, 9.17) is 14.2 Å². The largest absolute Gasteiger partial charge is 0.507 e. The highest BCUT2D eigenvalue weighted by molar-refractivity contribution is 6.46. The molecule has 3 rings (SSSR count). The molecule has 0 radical (unpaired) electrons. The Balaban J connectivity index is 2.09. The number of nitrogens with zero attached hydrogens (tertiary/aromatic N) is 2. The maximum atomic E-state index is 13.5. The normalized spacial score (nSPS) is 16.5. The second-order valence-corrected chi connectivity index (χ2v) is 10.5. The predicted molar refractivity (Wildman–Crippen MR) is 162 cm³/mol. The maximum Gasteiger partial charge on any atom is 0.295 e. The van der Waals surface area contributed by atoms with Crippen LogP contribution in [0.5, 0.6) is 17.2 Å². The van der Waals surface area contributed by atoms with E-state index in [0.717, 1.165) is 25.1 Å². The van der Waals surface area contributed by atoms with Crippen LogP contribution in [-0.4, -0.2) is 73.1 Å². The van der Waals surface area contributed by atoms with Gasteiger partial charge < -0.3 is 29.1 Å². The molecule has 0 aliphatic carbocycles. The number of ether oxygens (including phenoxy) is 3. The number of ketones is 1. The molecule has 2 aromatic rings. The van der Waals surface area contributed by atoms with E-state index in [9.17, 15) is 14.7 Å². The molecule has 1 unspecified atom stereocenters. The predicted octanol–water partition coefficient (Wildman–Crippen LogP) is 5.76. The molecule has 8 nitrogen and oxygen atoms in total. The van der Waals surface area contributed by atoms with Gasteiger partial charge in [-0.1, -0.05) is 46.4 Å². The smallest absolute Gasteiger partial charge is 0.295 e. The van der Waals surface area contributed by atoms with Crippen molar-refractivity contribution in [3.05, 3.63) is 71.3 Å².